The molecule has 0 spiro atoms. The number of ether oxygens (including phenoxy) is 1. The summed E-state index contributed by atoms with van der Waals surface area (Å²) in [6, 6.07) is 0. The maximum Gasteiger partial charge on any atom is 0.365 e. The van der Waals surface area contributed by atoms with Crippen LogP contribution in [-0.4, -0.2) is 22.8 Å². The van der Waals surface area contributed by atoms with Gasteiger partial charge in [-0.25, -0.2) is 4.79 Å². The summed E-state index contributed by atoms with van der Waals surface area (Å²) in [6.45, 7) is 5.52. The highest BCUT2D eigenvalue weighted by atomic mass is 79.9. The molecule has 0 aromatic rings. The third-order valence-electron chi connectivity index (χ3n) is 4.05. The molecule has 146 valence electrons. The lowest BCUT2D eigenvalue weighted by molar-refractivity contribution is -0.173. The summed E-state index contributed by atoms with van der Waals surface area (Å²) in [5.41, 5.74) is 3.11. The van der Waals surface area contributed by atoms with Gasteiger partial charge in [-0.2, -0.15) is 0 Å². The SMILES string of the molecule is CCCCCCCCC/C=C/OC(=O)C(C(C)C)[C@@](N)(O)C(=O)OBr. The quantitative estimate of drug-likeness (QED) is 0.202. The molecule has 0 aliphatic carbocycles. The molecule has 0 radical (unpaired) electrons. The van der Waals surface area contributed by atoms with Crippen molar-refractivity contribution in [2.45, 2.75) is 77.9 Å². The molecular weight excluding hydrogens is 390 g/mol. The van der Waals surface area contributed by atoms with Gasteiger partial charge in [-0.15, -0.1) is 0 Å². The fraction of sp³-hybridized carbons (Fsp3) is 0.778. The predicted octanol–water partition coefficient (Wildman–Crippen LogP) is 3.96. The van der Waals surface area contributed by atoms with Crippen LogP contribution in [0, 0.1) is 11.8 Å². The number of carbonyl (C=O) groups is 2. The molecular formula is C18H32BrNO5. The van der Waals surface area contributed by atoms with Crippen LogP contribution in [0.1, 0.15) is 72.1 Å². The van der Waals surface area contributed by atoms with Crippen molar-refractivity contribution in [1.82, 2.24) is 0 Å². The van der Waals surface area contributed by atoms with E-state index in [2.05, 4.69) is 27.0 Å². The van der Waals surface area contributed by atoms with Crippen LogP contribution >= 0.6 is 16.3 Å². The predicted molar refractivity (Wildman–Crippen MR) is 100 cm³/mol. The standard InChI is InChI=1S/C18H32BrNO5/c1-4-5-6-7-8-9-10-11-12-13-24-16(21)15(14(2)3)18(20,23)17(22)25-19/h12-15,23H,4-11,20H2,1-3H3/b13-12+/t15?,18-/m1/s1. The molecule has 0 saturated carbocycles. The Labute approximate surface area is 159 Å². The number of rotatable bonds is 13. The topological polar surface area (TPSA) is 98.9 Å². The van der Waals surface area contributed by atoms with Crippen molar-refractivity contribution in [3.63, 3.8) is 0 Å². The van der Waals surface area contributed by atoms with Crippen LogP contribution < -0.4 is 5.73 Å². The van der Waals surface area contributed by atoms with Crippen molar-refractivity contribution in [3.8, 4) is 0 Å². The summed E-state index contributed by atoms with van der Waals surface area (Å²) in [7, 11) is 0. The Morgan fingerprint density at radius 2 is 1.72 bits per heavy atom. The molecule has 2 atom stereocenters. The largest absolute Gasteiger partial charge is 0.434 e. The first-order valence-corrected chi connectivity index (χ1v) is 9.63. The zero-order valence-corrected chi connectivity index (χ0v) is 17.1. The Bertz CT molecular complexity index is 424. The maximum atomic E-state index is 12.2. The van der Waals surface area contributed by atoms with Gasteiger partial charge in [0.25, 0.3) is 0 Å². The molecule has 3 N–H and O–H groups in total. The van der Waals surface area contributed by atoms with E-state index in [0.29, 0.717) is 0 Å². The van der Waals surface area contributed by atoms with Crippen LogP contribution in [0.4, 0.5) is 0 Å². The summed E-state index contributed by atoms with van der Waals surface area (Å²) < 4.78 is 9.30. The second kappa shape index (κ2) is 13.3. The molecule has 25 heavy (non-hydrogen) atoms. The number of unbranched alkanes of at least 4 members (excludes halogenated alkanes) is 7. The first-order valence-electron chi connectivity index (χ1n) is 8.98. The van der Waals surface area contributed by atoms with Gasteiger partial charge in [0, 0.05) is 0 Å². The number of allylic oxidation sites excluding steroid dienone is 1. The van der Waals surface area contributed by atoms with E-state index in [4.69, 9.17) is 10.5 Å². The second-order valence-electron chi connectivity index (χ2n) is 6.63. The maximum absolute atomic E-state index is 12.2. The summed E-state index contributed by atoms with van der Waals surface area (Å²) in [5.74, 6) is -3.56. The lowest BCUT2D eigenvalue weighted by atomic mass is 9.86. The fourth-order valence-corrected chi connectivity index (χ4v) is 2.88. The van der Waals surface area contributed by atoms with Crippen molar-refractivity contribution < 1.29 is 23.3 Å². The number of esters is 1. The van der Waals surface area contributed by atoms with Gasteiger partial charge in [0.1, 0.15) is 5.92 Å². The van der Waals surface area contributed by atoms with E-state index < -0.39 is 29.5 Å². The Morgan fingerprint density at radius 3 is 2.24 bits per heavy atom. The van der Waals surface area contributed by atoms with Gasteiger partial charge in [0.15, 0.2) is 16.3 Å². The molecule has 0 rings (SSSR count). The van der Waals surface area contributed by atoms with Gasteiger partial charge in [0.05, 0.1) is 6.26 Å². The molecule has 0 aliphatic rings. The van der Waals surface area contributed by atoms with Crippen LogP contribution in [0.25, 0.3) is 0 Å². The number of nitrogens with two attached hydrogens (primary N) is 1. The highest BCUT2D eigenvalue weighted by molar-refractivity contribution is 9.06. The minimum absolute atomic E-state index is 0.411. The Balaban J connectivity index is 4.25. The molecule has 7 heteroatoms. The second-order valence-corrected chi connectivity index (χ2v) is 6.95. The van der Waals surface area contributed by atoms with Crippen LogP contribution in [0.3, 0.4) is 0 Å². The van der Waals surface area contributed by atoms with Crippen LogP contribution in [0.15, 0.2) is 12.3 Å². The van der Waals surface area contributed by atoms with E-state index in [1.807, 2.05) is 0 Å². The molecule has 0 bridgehead atoms. The van der Waals surface area contributed by atoms with Crippen LogP contribution in [0.5, 0.6) is 0 Å². The van der Waals surface area contributed by atoms with Crippen molar-refractivity contribution in [2.24, 2.45) is 17.6 Å². The van der Waals surface area contributed by atoms with E-state index in [0.717, 1.165) is 19.3 Å². The van der Waals surface area contributed by atoms with Crippen LogP contribution in [-0.2, 0) is 18.2 Å². The first-order chi connectivity index (χ1) is 11.8. The van der Waals surface area contributed by atoms with Crippen molar-refractivity contribution in [2.75, 3.05) is 0 Å². The average Bonchev–Trinajstić information content (AvgIpc) is 2.55. The van der Waals surface area contributed by atoms with Gasteiger partial charge in [0.2, 0.25) is 5.72 Å². The Morgan fingerprint density at radius 1 is 1.16 bits per heavy atom. The third-order valence-corrected chi connectivity index (χ3v) is 4.34. The molecule has 0 aromatic carbocycles. The molecule has 6 nitrogen and oxygen atoms in total. The highest BCUT2D eigenvalue weighted by Gasteiger charge is 2.48. The van der Waals surface area contributed by atoms with Crippen molar-refractivity contribution in [3.05, 3.63) is 12.3 Å². The average molecular weight is 422 g/mol. The number of aliphatic hydroxyl groups is 1. The third kappa shape index (κ3) is 9.37. The van der Waals surface area contributed by atoms with Crippen LogP contribution in [0.2, 0.25) is 0 Å². The smallest absolute Gasteiger partial charge is 0.365 e. The zero-order valence-electron chi connectivity index (χ0n) is 15.5. The Kier molecular flexibility index (Phi) is 12.8. The molecule has 0 aliphatic heterocycles. The minimum Gasteiger partial charge on any atom is -0.434 e. The van der Waals surface area contributed by atoms with E-state index in [9.17, 15) is 14.7 Å². The van der Waals surface area contributed by atoms with Gasteiger partial charge < -0.3 is 13.7 Å². The summed E-state index contributed by atoms with van der Waals surface area (Å²) >= 11 is 2.47. The molecule has 0 fully saturated rings. The monoisotopic (exact) mass is 421 g/mol. The lowest BCUT2D eigenvalue weighted by Crippen LogP contribution is -2.58. The molecule has 1 unspecified atom stereocenters. The lowest BCUT2D eigenvalue weighted by Gasteiger charge is -2.29. The Hall–Kier alpha value is -0.920. The van der Waals surface area contributed by atoms with Crippen molar-refractivity contribution >= 4 is 28.2 Å². The van der Waals surface area contributed by atoms with Crippen molar-refractivity contribution in [1.29, 1.82) is 0 Å². The molecule has 0 aromatic heterocycles. The van der Waals surface area contributed by atoms with E-state index >= 15 is 0 Å². The minimum atomic E-state index is -2.46. The summed E-state index contributed by atoms with van der Waals surface area (Å²) in [5, 5.41) is 10.1. The number of halogens is 1. The normalized spacial score (nSPS) is 15.2. The molecule has 0 amide bonds. The molecule has 0 heterocycles. The zero-order chi connectivity index (χ0) is 19.3. The van der Waals surface area contributed by atoms with Gasteiger partial charge >= 0.3 is 11.9 Å². The highest BCUT2D eigenvalue weighted by Crippen LogP contribution is 2.25. The van der Waals surface area contributed by atoms with E-state index in [1.54, 1.807) is 19.9 Å². The number of hydrogen-bond donors (Lipinski definition) is 2. The van der Waals surface area contributed by atoms with Gasteiger partial charge in [-0.05, 0) is 24.8 Å². The van der Waals surface area contributed by atoms with Gasteiger partial charge in [-0.3, -0.25) is 10.5 Å². The van der Waals surface area contributed by atoms with Gasteiger partial charge in [-0.1, -0.05) is 59.3 Å². The summed E-state index contributed by atoms with van der Waals surface area (Å²) in [4.78, 5) is 23.7. The molecule has 0 saturated heterocycles. The number of hydrogen-bond acceptors (Lipinski definition) is 6. The fourth-order valence-electron chi connectivity index (χ4n) is 2.62. The number of carbonyl (C=O) groups excluding carboxylic acids is 2. The summed E-state index contributed by atoms with van der Waals surface area (Å²) in [6.07, 6.45) is 12.4. The first kappa shape index (κ1) is 24.1. The van der Waals surface area contributed by atoms with E-state index in [-0.39, 0.29) is 0 Å². The van der Waals surface area contributed by atoms with E-state index in [1.165, 1.54) is 38.4 Å².